The normalized spacial score (nSPS) is 14.8. The summed E-state index contributed by atoms with van der Waals surface area (Å²) in [5, 5.41) is 2.93. The van der Waals surface area contributed by atoms with Crippen LogP contribution in [-0.4, -0.2) is 55.3 Å². The van der Waals surface area contributed by atoms with E-state index in [1.807, 2.05) is 33.2 Å². The van der Waals surface area contributed by atoms with Crippen LogP contribution in [0.15, 0.2) is 16.7 Å². The Morgan fingerprint density at radius 2 is 1.83 bits per heavy atom. The maximum Gasteiger partial charge on any atom is 0.311 e. The maximum absolute atomic E-state index is 12.5. The van der Waals surface area contributed by atoms with Gasteiger partial charge in [0.2, 0.25) is 5.91 Å². The predicted octanol–water partition coefficient (Wildman–Crippen LogP) is 5.79. The standard InChI is InChI=1S/C26H41N3O5S.ClH/c1-19(2)21-17-22(20(3)16-23(21)33-15-14-29(4)5)34-25(31)11-9-10-24(30)27-18-26(35-28-32)12-7-6-8-13-26;/h16-17,19H,6-15,18H2,1-5H3,(H,27,30);1H. The van der Waals surface area contributed by atoms with Crippen LogP contribution in [0.1, 0.15) is 82.3 Å². The molecule has 36 heavy (non-hydrogen) atoms. The van der Waals surface area contributed by atoms with Crippen LogP contribution in [0.3, 0.4) is 0 Å². The van der Waals surface area contributed by atoms with Crippen LogP contribution in [0.5, 0.6) is 11.5 Å². The number of carbonyl (C=O) groups is 2. The zero-order chi connectivity index (χ0) is 25.8. The third kappa shape index (κ3) is 10.6. The molecule has 0 bridgehead atoms. The molecule has 10 heteroatoms. The lowest BCUT2D eigenvalue weighted by Gasteiger charge is -2.33. The minimum Gasteiger partial charge on any atom is -0.492 e. The van der Waals surface area contributed by atoms with Gasteiger partial charge in [-0.1, -0.05) is 33.1 Å². The summed E-state index contributed by atoms with van der Waals surface area (Å²) >= 11 is 1.05. The molecule has 1 aliphatic rings. The summed E-state index contributed by atoms with van der Waals surface area (Å²) in [6.45, 7) is 7.89. The van der Waals surface area contributed by atoms with Crippen molar-refractivity contribution in [2.24, 2.45) is 4.58 Å². The van der Waals surface area contributed by atoms with Crippen molar-refractivity contribution in [2.45, 2.75) is 82.8 Å². The van der Waals surface area contributed by atoms with Crippen LogP contribution < -0.4 is 14.8 Å². The summed E-state index contributed by atoms with van der Waals surface area (Å²) in [4.78, 5) is 37.7. The Balaban J connectivity index is 0.00000648. The number of hydrogen-bond donors (Lipinski definition) is 1. The highest BCUT2D eigenvalue weighted by Crippen LogP contribution is 2.40. The van der Waals surface area contributed by atoms with E-state index in [0.717, 1.165) is 67.5 Å². The van der Waals surface area contributed by atoms with Gasteiger partial charge in [0.25, 0.3) is 0 Å². The average Bonchev–Trinajstić information content (AvgIpc) is 2.80. The summed E-state index contributed by atoms with van der Waals surface area (Å²) in [5.41, 5.74) is 1.83. The van der Waals surface area contributed by atoms with Crippen LogP contribution in [0.25, 0.3) is 0 Å². The van der Waals surface area contributed by atoms with Crippen LogP contribution >= 0.6 is 24.4 Å². The molecule has 1 N–H and O–H groups in total. The summed E-state index contributed by atoms with van der Waals surface area (Å²) in [7, 11) is 4.00. The minimum atomic E-state index is -0.360. The summed E-state index contributed by atoms with van der Waals surface area (Å²) in [5.74, 6) is 1.08. The lowest BCUT2D eigenvalue weighted by molar-refractivity contribution is -0.134. The molecule has 1 aromatic rings. The maximum atomic E-state index is 12.5. The van der Waals surface area contributed by atoms with Crippen LogP contribution in [0, 0.1) is 11.8 Å². The van der Waals surface area contributed by atoms with Crippen molar-refractivity contribution in [1.29, 1.82) is 0 Å². The van der Waals surface area contributed by atoms with E-state index in [0.29, 0.717) is 25.3 Å². The van der Waals surface area contributed by atoms with Crippen molar-refractivity contribution in [3.63, 3.8) is 0 Å². The van der Waals surface area contributed by atoms with Crippen molar-refractivity contribution in [3.8, 4) is 11.5 Å². The van der Waals surface area contributed by atoms with Gasteiger partial charge in [-0.3, -0.25) is 9.59 Å². The molecule has 204 valence electrons. The molecule has 0 radical (unpaired) electrons. The number of nitroso groups, excluding NO2 is 1. The highest BCUT2D eigenvalue weighted by Gasteiger charge is 2.34. The highest BCUT2D eigenvalue weighted by molar-refractivity contribution is 7.99. The van der Waals surface area contributed by atoms with Crippen molar-refractivity contribution in [2.75, 3.05) is 33.8 Å². The lowest BCUT2D eigenvalue weighted by atomic mass is 9.88. The van der Waals surface area contributed by atoms with Crippen molar-refractivity contribution < 1.29 is 19.1 Å². The van der Waals surface area contributed by atoms with E-state index >= 15 is 0 Å². The van der Waals surface area contributed by atoms with Gasteiger partial charge in [-0.25, -0.2) is 0 Å². The largest absolute Gasteiger partial charge is 0.492 e. The SMILES string of the molecule is Cc1cc(OCCN(C)C)c(C(C)C)cc1OC(=O)CCCC(=O)NCC1(SN=O)CCCCC1.Cl. The Bertz CT molecular complexity index is 860. The number of likely N-dealkylation sites (N-methyl/N-ethyl adjacent to an activating group) is 1. The first-order valence-electron chi connectivity index (χ1n) is 12.6. The van der Waals surface area contributed by atoms with Gasteiger partial charge < -0.3 is 19.7 Å². The quantitative estimate of drug-likeness (QED) is 0.137. The average molecular weight is 544 g/mol. The summed E-state index contributed by atoms with van der Waals surface area (Å²) in [6.07, 6.45) is 5.80. The second-order valence-electron chi connectivity index (χ2n) is 9.98. The molecule has 0 heterocycles. The molecule has 1 aromatic carbocycles. The van der Waals surface area contributed by atoms with Crippen LogP contribution in [0.2, 0.25) is 0 Å². The second-order valence-corrected chi connectivity index (χ2v) is 11.2. The van der Waals surface area contributed by atoms with E-state index in [2.05, 4.69) is 28.6 Å². The molecule has 0 atom stereocenters. The van der Waals surface area contributed by atoms with Gasteiger partial charge in [-0.05, 0) is 63.9 Å². The van der Waals surface area contributed by atoms with E-state index < -0.39 is 0 Å². The predicted molar refractivity (Wildman–Crippen MR) is 148 cm³/mol. The first-order chi connectivity index (χ1) is 16.7. The van der Waals surface area contributed by atoms with Gasteiger partial charge in [0.05, 0.1) is 4.75 Å². The van der Waals surface area contributed by atoms with Gasteiger partial charge >= 0.3 is 5.97 Å². The molecule has 8 nitrogen and oxygen atoms in total. The van der Waals surface area contributed by atoms with Crippen molar-refractivity contribution in [1.82, 2.24) is 10.2 Å². The second kappa shape index (κ2) is 16.1. The number of nitrogens with one attached hydrogen (secondary N) is 1. The Hall–Kier alpha value is -1.84. The van der Waals surface area contributed by atoms with E-state index in [-0.39, 0.29) is 47.8 Å². The third-order valence-electron chi connectivity index (χ3n) is 6.34. The number of aryl methyl sites for hydroxylation is 1. The van der Waals surface area contributed by atoms with Gasteiger partial charge in [0, 0.05) is 48.0 Å². The molecular formula is C26H42ClN3O5S. The molecule has 0 spiro atoms. The van der Waals surface area contributed by atoms with Gasteiger partial charge in [-0.2, -0.15) is 0 Å². The fourth-order valence-electron chi connectivity index (χ4n) is 4.19. The first-order valence-corrected chi connectivity index (χ1v) is 13.3. The number of ether oxygens (including phenoxy) is 2. The van der Waals surface area contributed by atoms with E-state index in [1.165, 1.54) is 0 Å². The molecule has 1 amide bonds. The van der Waals surface area contributed by atoms with Crippen molar-refractivity contribution in [3.05, 3.63) is 28.2 Å². The van der Waals surface area contributed by atoms with E-state index in [1.54, 1.807) is 0 Å². The zero-order valence-electron chi connectivity index (χ0n) is 22.3. The molecule has 2 rings (SSSR count). The van der Waals surface area contributed by atoms with Gasteiger partial charge in [-0.15, -0.1) is 17.3 Å². The molecule has 0 aliphatic heterocycles. The number of halogens is 1. The number of benzene rings is 1. The van der Waals surface area contributed by atoms with Crippen LogP contribution in [0.4, 0.5) is 0 Å². The van der Waals surface area contributed by atoms with Crippen molar-refractivity contribution >= 4 is 36.2 Å². The topological polar surface area (TPSA) is 97.3 Å². The number of carbonyl (C=O) groups excluding carboxylic acids is 2. The Labute approximate surface area is 226 Å². The minimum absolute atomic E-state index is 0. The molecule has 0 unspecified atom stereocenters. The fourth-order valence-corrected chi connectivity index (χ4v) is 4.96. The van der Waals surface area contributed by atoms with E-state index in [9.17, 15) is 14.5 Å². The Morgan fingerprint density at radius 3 is 2.44 bits per heavy atom. The molecule has 1 saturated carbocycles. The highest BCUT2D eigenvalue weighted by atomic mass is 35.5. The third-order valence-corrected chi connectivity index (χ3v) is 7.35. The molecule has 0 saturated heterocycles. The number of amides is 1. The summed E-state index contributed by atoms with van der Waals surface area (Å²) < 4.78 is 14.4. The molecule has 1 fully saturated rings. The number of nitrogens with zero attached hydrogens (tertiary/aromatic N) is 2. The fraction of sp³-hybridized carbons (Fsp3) is 0.692. The van der Waals surface area contributed by atoms with Gasteiger partial charge in [0.1, 0.15) is 18.1 Å². The zero-order valence-corrected chi connectivity index (χ0v) is 23.9. The Kier molecular flexibility index (Phi) is 14.4. The van der Waals surface area contributed by atoms with Crippen LogP contribution in [-0.2, 0) is 9.59 Å². The molecular weight excluding hydrogens is 502 g/mol. The van der Waals surface area contributed by atoms with E-state index in [4.69, 9.17) is 9.47 Å². The number of esters is 1. The smallest absolute Gasteiger partial charge is 0.311 e. The lowest BCUT2D eigenvalue weighted by Crippen LogP contribution is -2.41. The summed E-state index contributed by atoms with van der Waals surface area (Å²) in [6, 6.07) is 3.81. The Morgan fingerprint density at radius 1 is 1.14 bits per heavy atom. The monoisotopic (exact) mass is 543 g/mol. The molecule has 0 aromatic heterocycles. The number of hydrogen-bond acceptors (Lipinski definition) is 8. The number of rotatable bonds is 14. The molecule has 1 aliphatic carbocycles. The first kappa shape index (κ1) is 32.2. The van der Waals surface area contributed by atoms with Gasteiger partial charge in [0.15, 0.2) is 0 Å².